The molecule has 118 valence electrons. The number of nitroso groups, excluding NO2 is 1. The summed E-state index contributed by atoms with van der Waals surface area (Å²) in [6.07, 6.45) is 0. The number of carbonyl (C=O) groups is 2. The second-order valence-electron chi connectivity index (χ2n) is 4.36. The van der Waals surface area contributed by atoms with Crippen LogP contribution in [0.25, 0.3) is 0 Å². The molecule has 0 aromatic heterocycles. The maximum absolute atomic E-state index is 11.7. The third-order valence-electron chi connectivity index (χ3n) is 2.99. The van der Waals surface area contributed by atoms with E-state index in [-0.39, 0.29) is 28.3 Å². The van der Waals surface area contributed by atoms with E-state index >= 15 is 0 Å². The lowest BCUT2D eigenvalue weighted by Crippen LogP contribution is -2.04. The summed E-state index contributed by atoms with van der Waals surface area (Å²) in [4.78, 5) is 34.2. The largest absolute Gasteiger partial charge is 0.465 e. The van der Waals surface area contributed by atoms with Gasteiger partial charge in [0, 0.05) is 0 Å². The first-order valence-corrected chi connectivity index (χ1v) is 6.51. The molecule has 2 aromatic rings. The van der Waals surface area contributed by atoms with Gasteiger partial charge in [0.2, 0.25) is 0 Å². The molecule has 0 aliphatic heterocycles. The summed E-state index contributed by atoms with van der Waals surface area (Å²) in [5.74, 6) is -0.872. The number of hydrogen-bond acceptors (Lipinski definition) is 7. The van der Waals surface area contributed by atoms with Gasteiger partial charge in [0.15, 0.2) is 11.4 Å². The predicted octanol–water partition coefficient (Wildman–Crippen LogP) is 3.45. The van der Waals surface area contributed by atoms with E-state index in [2.05, 4.69) is 14.7 Å². The van der Waals surface area contributed by atoms with Crippen LogP contribution in [0.15, 0.2) is 47.6 Å². The van der Waals surface area contributed by atoms with Crippen molar-refractivity contribution in [2.45, 2.75) is 0 Å². The molecule has 23 heavy (non-hydrogen) atoms. The van der Waals surface area contributed by atoms with Crippen molar-refractivity contribution in [2.24, 2.45) is 5.18 Å². The van der Waals surface area contributed by atoms with Gasteiger partial charge < -0.3 is 14.2 Å². The summed E-state index contributed by atoms with van der Waals surface area (Å²) < 4.78 is 14.8. The SMILES string of the molecule is COC(=O)c1ccc(Oc2ccccc2C(=O)OC)c(N=O)c1. The van der Waals surface area contributed by atoms with Crippen LogP contribution in [0, 0.1) is 4.91 Å². The van der Waals surface area contributed by atoms with E-state index in [1.54, 1.807) is 18.2 Å². The van der Waals surface area contributed by atoms with Gasteiger partial charge in [0.25, 0.3) is 0 Å². The zero-order valence-electron chi connectivity index (χ0n) is 12.4. The number of methoxy groups -OCH3 is 2. The summed E-state index contributed by atoms with van der Waals surface area (Å²) in [6.45, 7) is 0. The molecule has 7 heteroatoms. The summed E-state index contributed by atoms with van der Waals surface area (Å²) in [5.41, 5.74) is 0.271. The van der Waals surface area contributed by atoms with Gasteiger partial charge in [-0.1, -0.05) is 12.1 Å². The first kappa shape index (κ1) is 16.2. The standard InChI is InChI=1S/C16H13NO6/c1-21-15(18)10-7-8-14(12(9-10)17-20)23-13-6-4-3-5-11(13)16(19)22-2/h3-9H,1-2H3. The molecule has 0 aliphatic rings. The van der Waals surface area contributed by atoms with E-state index in [1.807, 2.05) is 0 Å². The Labute approximate surface area is 131 Å². The fourth-order valence-corrected chi connectivity index (χ4v) is 1.87. The molecule has 0 heterocycles. The quantitative estimate of drug-likeness (QED) is 0.620. The van der Waals surface area contributed by atoms with Crippen molar-refractivity contribution >= 4 is 17.6 Å². The van der Waals surface area contributed by atoms with Crippen LogP contribution in [0.5, 0.6) is 11.5 Å². The minimum absolute atomic E-state index is 0.0902. The van der Waals surface area contributed by atoms with Gasteiger partial charge in [0.1, 0.15) is 11.3 Å². The molecule has 2 aromatic carbocycles. The molecule has 0 spiro atoms. The zero-order chi connectivity index (χ0) is 16.8. The number of para-hydroxylation sites is 1. The third kappa shape index (κ3) is 3.52. The maximum atomic E-state index is 11.7. The van der Waals surface area contributed by atoms with Gasteiger partial charge in [-0.05, 0) is 35.5 Å². The first-order valence-electron chi connectivity index (χ1n) is 6.51. The molecule has 0 fully saturated rings. The van der Waals surface area contributed by atoms with Crippen molar-refractivity contribution in [1.82, 2.24) is 0 Å². The smallest absolute Gasteiger partial charge is 0.341 e. The second-order valence-corrected chi connectivity index (χ2v) is 4.36. The van der Waals surface area contributed by atoms with Crippen molar-refractivity contribution in [1.29, 1.82) is 0 Å². The van der Waals surface area contributed by atoms with Gasteiger partial charge in [-0.3, -0.25) is 0 Å². The molecular weight excluding hydrogens is 302 g/mol. The molecule has 0 amide bonds. The molecule has 0 aliphatic carbocycles. The van der Waals surface area contributed by atoms with E-state index < -0.39 is 11.9 Å². The number of nitrogens with zero attached hydrogens (tertiary/aromatic N) is 1. The molecule has 0 saturated carbocycles. The van der Waals surface area contributed by atoms with E-state index in [9.17, 15) is 14.5 Å². The fraction of sp³-hybridized carbons (Fsp3) is 0.125. The highest BCUT2D eigenvalue weighted by atomic mass is 16.5. The van der Waals surface area contributed by atoms with E-state index in [0.29, 0.717) is 0 Å². The van der Waals surface area contributed by atoms with Gasteiger partial charge in [-0.15, -0.1) is 4.91 Å². The average Bonchev–Trinajstić information content (AvgIpc) is 2.61. The van der Waals surface area contributed by atoms with Crippen LogP contribution >= 0.6 is 0 Å². The third-order valence-corrected chi connectivity index (χ3v) is 2.99. The number of rotatable bonds is 5. The summed E-state index contributed by atoms with van der Waals surface area (Å²) >= 11 is 0. The molecule has 0 saturated heterocycles. The predicted molar refractivity (Wildman–Crippen MR) is 81.1 cm³/mol. The van der Waals surface area contributed by atoms with Gasteiger partial charge >= 0.3 is 11.9 Å². The number of hydrogen-bond donors (Lipinski definition) is 0. The fourth-order valence-electron chi connectivity index (χ4n) is 1.87. The highest BCUT2D eigenvalue weighted by Crippen LogP contribution is 2.34. The Morgan fingerprint density at radius 1 is 0.913 bits per heavy atom. The van der Waals surface area contributed by atoms with Crippen LogP contribution in [0.3, 0.4) is 0 Å². The lowest BCUT2D eigenvalue weighted by molar-refractivity contribution is 0.0591. The van der Waals surface area contributed by atoms with Crippen molar-refractivity contribution in [3.63, 3.8) is 0 Å². The Morgan fingerprint density at radius 2 is 1.61 bits per heavy atom. The first-order chi connectivity index (χ1) is 11.1. The Balaban J connectivity index is 2.39. The molecule has 7 nitrogen and oxygen atoms in total. The number of esters is 2. The lowest BCUT2D eigenvalue weighted by atomic mass is 10.1. The average molecular weight is 315 g/mol. The van der Waals surface area contributed by atoms with Gasteiger partial charge in [-0.2, -0.15) is 0 Å². The topological polar surface area (TPSA) is 91.3 Å². The maximum Gasteiger partial charge on any atom is 0.341 e. The molecule has 0 bridgehead atoms. The highest BCUT2D eigenvalue weighted by molar-refractivity contribution is 5.93. The molecule has 0 unspecified atom stereocenters. The van der Waals surface area contributed by atoms with Crippen LogP contribution in [0.2, 0.25) is 0 Å². The van der Waals surface area contributed by atoms with Crippen LogP contribution in [0.1, 0.15) is 20.7 Å². The Hall–Kier alpha value is -3.22. The van der Waals surface area contributed by atoms with Crippen LogP contribution in [-0.4, -0.2) is 26.2 Å². The molecule has 0 N–H and O–H groups in total. The number of ether oxygens (including phenoxy) is 3. The lowest BCUT2D eigenvalue weighted by Gasteiger charge is -2.11. The summed E-state index contributed by atoms with van der Waals surface area (Å²) in [6, 6.07) is 10.5. The molecule has 2 rings (SSSR count). The normalized spacial score (nSPS) is 9.83. The van der Waals surface area contributed by atoms with E-state index in [1.165, 1.54) is 38.5 Å². The van der Waals surface area contributed by atoms with E-state index in [4.69, 9.17) is 4.74 Å². The Kier molecular flexibility index (Phi) is 5.03. The van der Waals surface area contributed by atoms with Crippen LogP contribution in [-0.2, 0) is 9.47 Å². The number of carbonyl (C=O) groups excluding carboxylic acids is 2. The summed E-state index contributed by atoms with van der Waals surface area (Å²) in [5, 5.41) is 2.84. The monoisotopic (exact) mass is 315 g/mol. The van der Waals surface area contributed by atoms with E-state index in [0.717, 1.165) is 0 Å². The van der Waals surface area contributed by atoms with Crippen LogP contribution < -0.4 is 4.74 Å². The highest BCUT2D eigenvalue weighted by Gasteiger charge is 2.16. The van der Waals surface area contributed by atoms with Gasteiger partial charge in [0.05, 0.1) is 19.8 Å². The number of benzene rings is 2. The Morgan fingerprint density at radius 3 is 2.26 bits per heavy atom. The van der Waals surface area contributed by atoms with Crippen molar-refractivity contribution in [3.05, 3.63) is 58.5 Å². The van der Waals surface area contributed by atoms with Crippen molar-refractivity contribution in [3.8, 4) is 11.5 Å². The van der Waals surface area contributed by atoms with Crippen LogP contribution in [0.4, 0.5) is 5.69 Å². The zero-order valence-corrected chi connectivity index (χ0v) is 12.4. The van der Waals surface area contributed by atoms with Crippen molar-refractivity contribution in [2.75, 3.05) is 14.2 Å². The Bertz CT molecular complexity index is 756. The van der Waals surface area contributed by atoms with Gasteiger partial charge in [-0.25, -0.2) is 9.59 Å². The minimum Gasteiger partial charge on any atom is -0.465 e. The summed E-state index contributed by atoms with van der Waals surface area (Å²) in [7, 11) is 2.48. The molecule has 0 radical (unpaired) electrons. The molecular formula is C16H13NO6. The molecule has 0 atom stereocenters. The minimum atomic E-state index is -0.601. The second kappa shape index (κ2) is 7.17. The van der Waals surface area contributed by atoms with Crippen molar-refractivity contribution < 1.29 is 23.8 Å².